The quantitative estimate of drug-likeness (QED) is 0.791. The molecule has 0 bridgehead atoms. The molecule has 1 saturated heterocycles. The molecule has 3 N–H and O–H groups in total. The van der Waals surface area contributed by atoms with Crippen LogP contribution in [-0.2, 0) is 14.9 Å². The first-order valence-corrected chi connectivity index (χ1v) is 8.61. The minimum atomic E-state index is -0.179. The molecule has 0 radical (unpaired) electrons. The molecule has 0 spiro atoms. The van der Waals surface area contributed by atoms with Gasteiger partial charge in [-0.1, -0.05) is 35.0 Å². The highest BCUT2D eigenvalue weighted by molar-refractivity contribution is 9.10. The summed E-state index contributed by atoms with van der Waals surface area (Å²) >= 11 is 3.48. The standard InChI is InChI=1S/C17H25BrN2O2.ClH/c1-12(13(2)19)16(21)20-11-17(7-9-22-10-8-17)14-3-5-15(18)6-4-14;/h3-6,12-13H,7-11,19H2,1-2H3,(H,20,21);1H. The van der Waals surface area contributed by atoms with E-state index in [1.807, 2.05) is 13.8 Å². The van der Waals surface area contributed by atoms with Crippen LogP contribution in [-0.4, -0.2) is 31.7 Å². The number of ether oxygens (including phenoxy) is 1. The van der Waals surface area contributed by atoms with Crippen LogP contribution in [0.3, 0.4) is 0 Å². The van der Waals surface area contributed by atoms with E-state index in [0.29, 0.717) is 6.54 Å². The van der Waals surface area contributed by atoms with E-state index in [0.717, 1.165) is 30.5 Å². The minimum absolute atomic E-state index is 0. The van der Waals surface area contributed by atoms with Gasteiger partial charge in [0.25, 0.3) is 0 Å². The molecule has 6 heteroatoms. The van der Waals surface area contributed by atoms with Gasteiger partial charge >= 0.3 is 0 Å². The molecular formula is C17H26BrClN2O2. The van der Waals surface area contributed by atoms with Crippen molar-refractivity contribution >= 4 is 34.2 Å². The molecule has 23 heavy (non-hydrogen) atoms. The predicted octanol–water partition coefficient (Wildman–Crippen LogP) is 3.02. The van der Waals surface area contributed by atoms with E-state index in [9.17, 15) is 4.79 Å². The summed E-state index contributed by atoms with van der Waals surface area (Å²) in [6.07, 6.45) is 1.84. The van der Waals surface area contributed by atoms with E-state index in [-0.39, 0.29) is 35.7 Å². The first-order chi connectivity index (χ1) is 10.4. The predicted molar refractivity (Wildman–Crippen MR) is 98.9 cm³/mol. The zero-order valence-electron chi connectivity index (χ0n) is 13.7. The summed E-state index contributed by atoms with van der Waals surface area (Å²) < 4.78 is 6.58. The Morgan fingerprint density at radius 1 is 1.30 bits per heavy atom. The van der Waals surface area contributed by atoms with Crippen molar-refractivity contribution in [3.8, 4) is 0 Å². The Kier molecular flexibility index (Phi) is 8.01. The van der Waals surface area contributed by atoms with Crippen LogP contribution < -0.4 is 11.1 Å². The Morgan fingerprint density at radius 3 is 2.39 bits per heavy atom. The topological polar surface area (TPSA) is 64.4 Å². The fourth-order valence-corrected chi connectivity index (χ4v) is 3.05. The van der Waals surface area contributed by atoms with E-state index < -0.39 is 0 Å². The molecule has 2 atom stereocenters. The van der Waals surface area contributed by atoms with E-state index in [1.54, 1.807) is 0 Å². The Bertz CT molecular complexity index is 502. The lowest BCUT2D eigenvalue weighted by atomic mass is 9.74. The molecule has 1 aromatic carbocycles. The number of halogens is 2. The lowest BCUT2D eigenvalue weighted by molar-refractivity contribution is -0.125. The zero-order valence-corrected chi connectivity index (χ0v) is 16.1. The van der Waals surface area contributed by atoms with Gasteiger partial charge in [-0.15, -0.1) is 12.4 Å². The van der Waals surface area contributed by atoms with Crippen LogP contribution in [0.1, 0.15) is 32.3 Å². The van der Waals surface area contributed by atoms with Crippen molar-refractivity contribution in [3.63, 3.8) is 0 Å². The number of carbonyl (C=O) groups excluding carboxylic acids is 1. The van der Waals surface area contributed by atoms with Crippen molar-refractivity contribution in [1.82, 2.24) is 5.32 Å². The first kappa shape index (κ1) is 20.4. The second-order valence-corrected chi connectivity index (χ2v) is 7.18. The molecule has 4 nitrogen and oxygen atoms in total. The van der Waals surface area contributed by atoms with Crippen molar-refractivity contribution in [2.45, 2.75) is 38.1 Å². The van der Waals surface area contributed by atoms with E-state index in [4.69, 9.17) is 10.5 Å². The van der Waals surface area contributed by atoms with Gasteiger partial charge in [-0.3, -0.25) is 4.79 Å². The van der Waals surface area contributed by atoms with Crippen molar-refractivity contribution in [3.05, 3.63) is 34.3 Å². The van der Waals surface area contributed by atoms with Crippen molar-refractivity contribution in [2.75, 3.05) is 19.8 Å². The van der Waals surface area contributed by atoms with E-state index >= 15 is 0 Å². The highest BCUT2D eigenvalue weighted by Gasteiger charge is 2.35. The molecule has 1 fully saturated rings. The van der Waals surface area contributed by atoms with Gasteiger partial charge in [0.15, 0.2) is 0 Å². The molecule has 1 amide bonds. The van der Waals surface area contributed by atoms with Crippen LogP contribution in [0.25, 0.3) is 0 Å². The van der Waals surface area contributed by atoms with Gasteiger partial charge in [0.2, 0.25) is 5.91 Å². The lowest BCUT2D eigenvalue weighted by Gasteiger charge is -2.38. The summed E-state index contributed by atoms with van der Waals surface area (Å²) in [5.41, 5.74) is 7.03. The lowest BCUT2D eigenvalue weighted by Crippen LogP contribution is -2.47. The largest absolute Gasteiger partial charge is 0.381 e. The van der Waals surface area contributed by atoms with Crippen LogP contribution in [0.15, 0.2) is 28.7 Å². The molecule has 1 aliphatic heterocycles. The summed E-state index contributed by atoms with van der Waals surface area (Å²) in [5.74, 6) is -0.153. The van der Waals surface area contributed by atoms with Gasteiger partial charge in [0.05, 0.1) is 0 Å². The van der Waals surface area contributed by atoms with Crippen LogP contribution in [0, 0.1) is 5.92 Å². The van der Waals surface area contributed by atoms with Crippen molar-refractivity contribution in [2.24, 2.45) is 11.7 Å². The van der Waals surface area contributed by atoms with Crippen molar-refractivity contribution in [1.29, 1.82) is 0 Å². The van der Waals surface area contributed by atoms with Crippen molar-refractivity contribution < 1.29 is 9.53 Å². The Hall–Kier alpha value is -0.620. The summed E-state index contributed by atoms with van der Waals surface area (Å²) in [7, 11) is 0. The molecule has 0 saturated carbocycles. The normalized spacial score (nSPS) is 19.3. The molecule has 1 aliphatic rings. The molecule has 2 unspecified atom stereocenters. The van der Waals surface area contributed by atoms with Crippen LogP contribution in [0.5, 0.6) is 0 Å². The maximum absolute atomic E-state index is 12.2. The number of hydrogen-bond acceptors (Lipinski definition) is 3. The Labute approximate surface area is 153 Å². The fourth-order valence-electron chi connectivity index (χ4n) is 2.79. The Balaban J connectivity index is 0.00000264. The average Bonchev–Trinajstić information content (AvgIpc) is 2.53. The zero-order chi connectivity index (χ0) is 16.2. The summed E-state index contributed by atoms with van der Waals surface area (Å²) in [5, 5.41) is 3.10. The average molecular weight is 406 g/mol. The number of amides is 1. The van der Waals surface area contributed by atoms with E-state index in [1.165, 1.54) is 5.56 Å². The highest BCUT2D eigenvalue weighted by Crippen LogP contribution is 2.35. The molecule has 0 aliphatic carbocycles. The monoisotopic (exact) mass is 404 g/mol. The number of rotatable bonds is 5. The smallest absolute Gasteiger partial charge is 0.224 e. The van der Waals surface area contributed by atoms with E-state index in [2.05, 4.69) is 45.5 Å². The van der Waals surface area contributed by atoms with Gasteiger partial charge in [-0.25, -0.2) is 0 Å². The first-order valence-electron chi connectivity index (χ1n) is 7.82. The molecule has 2 rings (SSSR count). The van der Waals surface area contributed by atoms with Gasteiger partial charge < -0.3 is 15.8 Å². The molecular weight excluding hydrogens is 380 g/mol. The number of carbonyl (C=O) groups is 1. The number of nitrogens with one attached hydrogen (secondary N) is 1. The van der Waals surface area contributed by atoms with Gasteiger partial charge in [0.1, 0.15) is 0 Å². The third-order valence-corrected chi connectivity index (χ3v) is 5.24. The second kappa shape index (κ2) is 9.02. The second-order valence-electron chi connectivity index (χ2n) is 6.27. The maximum atomic E-state index is 12.2. The molecule has 130 valence electrons. The molecule has 1 heterocycles. The third-order valence-electron chi connectivity index (χ3n) is 4.71. The number of hydrogen-bond donors (Lipinski definition) is 2. The highest BCUT2D eigenvalue weighted by atomic mass is 79.9. The maximum Gasteiger partial charge on any atom is 0.224 e. The summed E-state index contributed by atoms with van der Waals surface area (Å²) in [6, 6.07) is 8.24. The number of nitrogens with two attached hydrogens (primary N) is 1. The summed E-state index contributed by atoms with van der Waals surface area (Å²) in [6.45, 7) is 5.83. The minimum Gasteiger partial charge on any atom is -0.381 e. The van der Waals surface area contributed by atoms with Gasteiger partial charge in [-0.2, -0.15) is 0 Å². The SMILES string of the molecule is CC(N)C(C)C(=O)NCC1(c2ccc(Br)cc2)CCOCC1.Cl. The van der Waals surface area contributed by atoms with Crippen LogP contribution >= 0.6 is 28.3 Å². The third kappa shape index (κ3) is 5.18. The van der Waals surface area contributed by atoms with Crippen LogP contribution in [0.4, 0.5) is 0 Å². The van der Waals surface area contributed by atoms with Gasteiger partial charge in [-0.05, 0) is 37.5 Å². The molecule has 1 aromatic rings. The van der Waals surface area contributed by atoms with Gasteiger partial charge in [0, 0.05) is 41.6 Å². The van der Waals surface area contributed by atoms with Crippen LogP contribution in [0.2, 0.25) is 0 Å². The fraction of sp³-hybridized carbons (Fsp3) is 0.588. The Morgan fingerprint density at radius 2 is 1.87 bits per heavy atom. The number of benzene rings is 1. The molecule has 0 aromatic heterocycles. The summed E-state index contributed by atoms with van der Waals surface area (Å²) in [4.78, 5) is 12.2.